The largest absolute Gasteiger partial charge is 0.494 e. The first-order valence-electron chi connectivity index (χ1n) is 12.9. The van der Waals surface area contributed by atoms with Crippen molar-refractivity contribution in [3.8, 4) is 11.1 Å². The lowest BCUT2D eigenvalue weighted by Crippen LogP contribution is -2.73. The molecule has 0 radical (unpaired) electrons. The van der Waals surface area contributed by atoms with Gasteiger partial charge in [0.25, 0.3) is 0 Å². The standard InChI is InChI=1S/C32H33BO2Si/c1-22-11-16-25(17-12-22)36(26-18-13-23(2)14-19-26)29-10-8-7-9-27(29)28-20-15-24(21-30(28)36)33-34-31(3,4)32(5,6)35-33/h7-21H,1-6H3. The van der Waals surface area contributed by atoms with Gasteiger partial charge in [0, 0.05) is 0 Å². The van der Waals surface area contributed by atoms with Crippen LogP contribution in [0.1, 0.15) is 38.8 Å². The minimum absolute atomic E-state index is 0.373. The van der Waals surface area contributed by atoms with Crippen molar-refractivity contribution in [2.45, 2.75) is 52.7 Å². The minimum atomic E-state index is -2.54. The Balaban J connectivity index is 1.64. The summed E-state index contributed by atoms with van der Waals surface area (Å²) in [5, 5.41) is 5.70. The van der Waals surface area contributed by atoms with Crippen LogP contribution >= 0.6 is 0 Å². The van der Waals surface area contributed by atoms with Gasteiger partial charge in [-0.3, -0.25) is 0 Å². The van der Waals surface area contributed by atoms with Crippen molar-refractivity contribution in [3.05, 3.63) is 102 Å². The first-order valence-corrected chi connectivity index (χ1v) is 14.9. The van der Waals surface area contributed by atoms with Crippen molar-refractivity contribution in [1.82, 2.24) is 0 Å². The smallest absolute Gasteiger partial charge is 0.399 e. The second kappa shape index (κ2) is 8.04. The zero-order valence-corrected chi connectivity index (χ0v) is 23.1. The van der Waals surface area contributed by atoms with Crippen molar-refractivity contribution in [2.75, 3.05) is 0 Å². The lowest BCUT2D eigenvalue weighted by molar-refractivity contribution is 0.00578. The maximum atomic E-state index is 6.49. The molecule has 2 nitrogen and oxygen atoms in total. The van der Waals surface area contributed by atoms with Crippen LogP contribution in [0.3, 0.4) is 0 Å². The second-order valence-corrected chi connectivity index (χ2v) is 15.2. The summed E-state index contributed by atoms with van der Waals surface area (Å²) in [7, 11) is -2.92. The number of fused-ring (bicyclic) bond motifs is 3. The third kappa shape index (κ3) is 3.32. The van der Waals surface area contributed by atoms with E-state index in [0.717, 1.165) is 5.46 Å². The highest BCUT2D eigenvalue weighted by molar-refractivity contribution is 7.22. The molecule has 2 aliphatic rings. The van der Waals surface area contributed by atoms with Gasteiger partial charge < -0.3 is 9.31 Å². The summed E-state index contributed by atoms with van der Waals surface area (Å²) < 4.78 is 13.0. The molecule has 4 aromatic rings. The van der Waals surface area contributed by atoms with Crippen LogP contribution in [0, 0.1) is 13.8 Å². The van der Waals surface area contributed by atoms with Crippen molar-refractivity contribution >= 4 is 41.4 Å². The number of hydrogen-bond acceptors (Lipinski definition) is 2. The highest BCUT2D eigenvalue weighted by Gasteiger charge is 2.53. The van der Waals surface area contributed by atoms with Gasteiger partial charge in [0.1, 0.15) is 0 Å². The van der Waals surface area contributed by atoms with Crippen LogP contribution in [0.4, 0.5) is 0 Å². The Morgan fingerprint density at radius 3 is 1.64 bits per heavy atom. The first-order chi connectivity index (χ1) is 17.1. The molecule has 2 aliphatic heterocycles. The molecule has 1 fully saturated rings. The Morgan fingerprint density at radius 2 is 1.08 bits per heavy atom. The Morgan fingerprint density at radius 1 is 0.583 bits per heavy atom. The highest BCUT2D eigenvalue weighted by atomic mass is 28.3. The molecule has 0 amide bonds. The zero-order valence-electron chi connectivity index (χ0n) is 22.1. The van der Waals surface area contributed by atoms with Crippen LogP contribution in [0.5, 0.6) is 0 Å². The van der Waals surface area contributed by atoms with Gasteiger partial charge in [-0.15, -0.1) is 0 Å². The minimum Gasteiger partial charge on any atom is -0.399 e. The summed E-state index contributed by atoms with van der Waals surface area (Å²) in [6, 6.07) is 34.4. The van der Waals surface area contributed by atoms with E-state index < -0.39 is 8.07 Å². The van der Waals surface area contributed by atoms with Gasteiger partial charge in [0.2, 0.25) is 0 Å². The van der Waals surface area contributed by atoms with E-state index in [2.05, 4.69) is 133 Å². The summed E-state index contributed by atoms with van der Waals surface area (Å²) in [5.74, 6) is 0. The van der Waals surface area contributed by atoms with Crippen LogP contribution < -0.4 is 26.2 Å². The van der Waals surface area contributed by atoms with Crippen molar-refractivity contribution in [1.29, 1.82) is 0 Å². The molecule has 180 valence electrons. The molecule has 36 heavy (non-hydrogen) atoms. The predicted octanol–water partition coefficient (Wildman–Crippen LogP) is 3.96. The predicted molar refractivity (Wildman–Crippen MR) is 154 cm³/mol. The monoisotopic (exact) mass is 488 g/mol. The van der Waals surface area contributed by atoms with E-state index >= 15 is 0 Å². The van der Waals surface area contributed by atoms with Gasteiger partial charge in [-0.05, 0) is 78.9 Å². The summed E-state index contributed by atoms with van der Waals surface area (Å²) in [6.45, 7) is 12.8. The van der Waals surface area contributed by atoms with Crippen LogP contribution in [-0.2, 0) is 9.31 Å². The molecule has 0 N–H and O–H groups in total. The normalized spacial score (nSPS) is 18.7. The van der Waals surface area contributed by atoms with E-state index in [0.29, 0.717) is 0 Å². The molecule has 0 saturated carbocycles. The van der Waals surface area contributed by atoms with Gasteiger partial charge in [-0.2, -0.15) is 0 Å². The quantitative estimate of drug-likeness (QED) is 0.358. The highest BCUT2D eigenvalue weighted by Crippen LogP contribution is 2.37. The molecule has 4 heteroatoms. The maximum Gasteiger partial charge on any atom is 0.494 e. The SMILES string of the molecule is Cc1ccc([Si]2(c3ccc(C)cc3)c3ccccc3-c3ccc(B4OC(C)(C)C(C)(C)O4)cc32)cc1. The molecule has 0 bridgehead atoms. The van der Waals surface area contributed by atoms with E-state index in [1.54, 1.807) is 0 Å². The number of hydrogen-bond donors (Lipinski definition) is 0. The second-order valence-electron chi connectivity index (χ2n) is 11.4. The summed E-state index contributed by atoms with van der Waals surface area (Å²) >= 11 is 0. The third-order valence-corrected chi connectivity index (χ3v) is 13.4. The number of benzene rings is 4. The average Bonchev–Trinajstić information content (AvgIpc) is 3.27. The maximum absolute atomic E-state index is 6.49. The van der Waals surface area contributed by atoms with Crippen molar-refractivity contribution in [3.63, 3.8) is 0 Å². The third-order valence-electron chi connectivity index (χ3n) is 8.56. The molecule has 6 rings (SSSR count). The summed E-state index contributed by atoms with van der Waals surface area (Å²) in [4.78, 5) is 0. The van der Waals surface area contributed by atoms with Gasteiger partial charge in [-0.1, -0.05) is 102 Å². The van der Waals surface area contributed by atoms with Gasteiger partial charge in [-0.25, -0.2) is 0 Å². The fraction of sp³-hybridized carbons (Fsp3) is 0.250. The Bertz CT molecular complexity index is 1390. The lowest BCUT2D eigenvalue weighted by Gasteiger charge is -2.32. The van der Waals surface area contributed by atoms with Crippen LogP contribution in [0.15, 0.2) is 91.0 Å². The summed E-state index contributed by atoms with van der Waals surface area (Å²) in [6.07, 6.45) is 0. The molecule has 0 aliphatic carbocycles. The Kier molecular flexibility index (Phi) is 5.24. The van der Waals surface area contributed by atoms with Gasteiger partial charge >= 0.3 is 7.12 Å². The topological polar surface area (TPSA) is 18.5 Å². The number of aryl methyl sites for hydroxylation is 2. The van der Waals surface area contributed by atoms with E-state index in [9.17, 15) is 0 Å². The first kappa shape index (κ1) is 23.5. The molecular formula is C32H33BO2Si. The summed E-state index contributed by atoms with van der Waals surface area (Å²) in [5.41, 5.74) is 5.59. The van der Waals surface area contributed by atoms with Crippen LogP contribution in [0.2, 0.25) is 0 Å². The Hall–Kier alpha value is -2.92. The lowest BCUT2D eigenvalue weighted by atomic mass is 9.78. The molecule has 2 heterocycles. The molecule has 0 aromatic heterocycles. The molecule has 0 unspecified atom stereocenters. The van der Waals surface area contributed by atoms with E-state index in [-0.39, 0.29) is 18.3 Å². The number of rotatable bonds is 3. The fourth-order valence-electron chi connectivity index (χ4n) is 5.82. The Labute approximate surface area is 216 Å². The van der Waals surface area contributed by atoms with E-state index in [1.165, 1.54) is 43.0 Å². The molecule has 4 aromatic carbocycles. The molecule has 0 atom stereocenters. The molecule has 0 spiro atoms. The van der Waals surface area contributed by atoms with E-state index in [4.69, 9.17) is 9.31 Å². The molecule has 1 saturated heterocycles. The van der Waals surface area contributed by atoms with Crippen molar-refractivity contribution in [2.24, 2.45) is 0 Å². The van der Waals surface area contributed by atoms with Gasteiger partial charge in [0.15, 0.2) is 8.07 Å². The average molecular weight is 489 g/mol. The fourth-order valence-corrected chi connectivity index (χ4v) is 11.0. The van der Waals surface area contributed by atoms with Crippen LogP contribution in [0.25, 0.3) is 11.1 Å². The molecular weight excluding hydrogens is 455 g/mol. The zero-order chi connectivity index (χ0) is 25.3. The van der Waals surface area contributed by atoms with Crippen LogP contribution in [-0.4, -0.2) is 26.4 Å². The van der Waals surface area contributed by atoms with E-state index in [1.807, 2.05) is 0 Å². The van der Waals surface area contributed by atoms with Gasteiger partial charge in [0.05, 0.1) is 11.2 Å². The van der Waals surface area contributed by atoms with Crippen molar-refractivity contribution < 1.29 is 9.31 Å².